The average Bonchev–Trinajstić information content (AvgIpc) is 3.35. The van der Waals surface area contributed by atoms with Crippen molar-refractivity contribution in [3.05, 3.63) is 36.7 Å². The molecule has 0 radical (unpaired) electrons. The maximum Gasteiger partial charge on any atom is 0.242 e. The molecule has 1 aromatic rings. The number of hydrogen-bond donors (Lipinski definition) is 0. The Morgan fingerprint density at radius 1 is 1.32 bits per heavy atom. The van der Waals surface area contributed by atoms with Gasteiger partial charge >= 0.3 is 0 Å². The van der Waals surface area contributed by atoms with E-state index in [1.165, 1.54) is 0 Å². The highest BCUT2D eigenvalue weighted by Crippen LogP contribution is 2.28. The third kappa shape index (κ3) is 5.76. The summed E-state index contributed by atoms with van der Waals surface area (Å²) in [6.07, 6.45) is 9.33. The highest BCUT2D eigenvalue weighted by atomic mass is 16.2. The molecule has 0 saturated heterocycles. The number of aryl methyl sites for hydroxylation is 1. The van der Waals surface area contributed by atoms with Crippen LogP contribution in [-0.2, 0) is 23.2 Å². The van der Waals surface area contributed by atoms with Gasteiger partial charge in [-0.05, 0) is 31.4 Å². The van der Waals surface area contributed by atoms with Crippen LogP contribution in [0, 0.1) is 0 Å². The fourth-order valence-corrected chi connectivity index (χ4v) is 2.99. The van der Waals surface area contributed by atoms with Gasteiger partial charge in [0.1, 0.15) is 6.54 Å². The van der Waals surface area contributed by atoms with Crippen molar-refractivity contribution in [1.82, 2.24) is 14.4 Å². The second-order valence-electron chi connectivity index (χ2n) is 6.88. The molecular formula is C20H31N3O2. The molecule has 5 heteroatoms. The number of hydrogen-bond acceptors (Lipinski definition) is 2. The lowest BCUT2D eigenvalue weighted by Crippen LogP contribution is -2.43. The van der Waals surface area contributed by atoms with Gasteiger partial charge in [0.2, 0.25) is 11.8 Å². The zero-order chi connectivity index (χ0) is 18.2. The summed E-state index contributed by atoms with van der Waals surface area (Å²) in [5.74, 6) is 0.0886. The summed E-state index contributed by atoms with van der Waals surface area (Å²) in [7, 11) is 1.99. The van der Waals surface area contributed by atoms with Gasteiger partial charge in [0, 0.05) is 37.9 Å². The van der Waals surface area contributed by atoms with Gasteiger partial charge in [-0.15, -0.1) is 6.58 Å². The Kier molecular flexibility index (Phi) is 7.29. The quantitative estimate of drug-likeness (QED) is 0.457. The molecule has 1 aliphatic rings. The van der Waals surface area contributed by atoms with Crippen LogP contribution >= 0.6 is 0 Å². The number of carbonyl (C=O) groups excluding carboxylic acids is 2. The van der Waals surface area contributed by atoms with Crippen LogP contribution in [-0.4, -0.2) is 45.3 Å². The first-order valence-electron chi connectivity index (χ1n) is 9.35. The van der Waals surface area contributed by atoms with E-state index in [1.54, 1.807) is 11.0 Å². The van der Waals surface area contributed by atoms with Crippen molar-refractivity contribution in [2.24, 2.45) is 7.05 Å². The first kappa shape index (κ1) is 19.3. The SMILES string of the molecule is C=CCN(CC(=O)N(Cc1cccn1C)C1CC1)C(=O)CCCCC. The molecule has 0 unspecified atom stereocenters. The van der Waals surface area contributed by atoms with Gasteiger partial charge in [-0.3, -0.25) is 9.59 Å². The smallest absolute Gasteiger partial charge is 0.242 e. The van der Waals surface area contributed by atoms with Crippen molar-refractivity contribution in [3.8, 4) is 0 Å². The Bertz CT molecular complexity index is 590. The van der Waals surface area contributed by atoms with Crippen LogP contribution in [0.5, 0.6) is 0 Å². The molecule has 138 valence electrons. The number of carbonyl (C=O) groups is 2. The van der Waals surface area contributed by atoms with Crippen LogP contribution in [0.4, 0.5) is 0 Å². The van der Waals surface area contributed by atoms with Gasteiger partial charge in [-0.25, -0.2) is 0 Å². The molecule has 0 atom stereocenters. The van der Waals surface area contributed by atoms with Crippen molar-refractivity contribution in [2.45, 2.75) is 58.0 Å². The summed E-state index contributed by atoms with van der Waals surface area (Å²) in [6.45, 7) is 7.04. The lowest BCUT2D eigenvalue weighted by Gasteiger charge is -2.27. The molecule has 1 heterocycles. The Balaban J connectivity index is 1.97. The highest BCUT2D eigenvalue weighted by molar-refractivity contribution is 5.85. The molecule has 2 rings (SSSR count). The fraction of sp³-hybridized carbons (Fsp3) is 0.600. The summed E-state index contributed by atoms with van der Waals surface area (Å²) >= 11 is 0. The zero-order valence-corrected chi connectivity index (χ0v) is 15.6. The fourth-order valence-electron chi connectivity index (χ4n) is 2.99. The summed E-state index contributed by atoms with van der Waals surface area (Å²) in [5.41, 5.74) is 1.12. The third-order valence-electron chi connectivity index (χ3n) is 4.71. The van der Waals surface area contributed by atoms with Crippen molar-refractivity contribution >= 4 is 11.8 Å². The van der Waals surface area contributed by atoms with E-state index in [2.05, 4.69) is 13.5 Å². The lowest BCUT2D eigenvalue weighted by molar-refractivity contribution is -0.141. The molecule has 0 bridgehead atoms. The summed E-state index contributed by atoms with van der Waals surface area (Å²) < 4.78 is 2.04. The van der Waals surface area contributed by atoms with E-state index in [-0.39, 0.29) is 18.4 Å². The molecule has 0 N–H and O–H groups in total. The first-order chi connectivity index (χ1) is 12.1. The predicted octanol–water partition coefficient (Wildman–Crippen LogP) is 3.11. The van der Waals surface area contributed by atoms with Crippen LogP contribution in [0.1, 0.15) is 51.1 Å². The van der Waals surface area contributed by atoms with E-state index in [0.29, 0.717) is 25.6 Å². The van der Waals surface area contributed by atoms with Gasteiger partial charge in [0.25, 0.3) is 0 Å². The van der Waals surface area contributed by atoms with E-state index >= 15 is 0 Å². The Morgan fingerprint density at radius 2 is 2.08 bits per heavy atom. The van der Waals surface area contributed by atoms with E-state index < -0.39 is 0 Å². The van der Waals surface area contributed by atoms with Crippen LogP contribution in [0.3, 0.4) is 0 Å². The number of rotatable bonds is 11. The van der Waals surface area contributed by atoms with E-state index in [1.807, 2.05) is 34.8 Å². The summed E-state index contributed by atoms with van der Waals surface area (Å²) in [5, 5.41) is 0. The topological polar surface area (TPSA) is 45.6 Å². The minimum Gasteiger partial charge on any atom is -0.353 e. The second kappa shape index (κ2) is 9.44. The lowest BCUT2D eigenvalue weighted by atomic mass is 10.2. The zero-order valence-electron chi connectivity index (χ0n) is 15.6. The molecule has 1 fully saturated rings. The number of nitrogens with zero attached hydrogens (tertiary/aromatic N) is 3. The normalized spacial score (nSPS) is 13.5. The first-order valence-corrected chi connectivity index (χ1v) is 9.35. The van der Waals surface area contributed by atoms with Gasteiger partial charge in [0.15, 0.2) is 0 Å². The van der Waals surface area contributed by atoms with Crippen molar-refractivity contribution in [2.75, 3.05) is 13.1 Å². The molecule has 0 aromatic carbocycles. The molecule has 0 spiro atoms. The maximum atomic E-state index is 12.9. The Morgan fingerprint density at radius 3 is 2.64 bits per heavy atom. The van der Waals surface area contributed by atoms with Crippen LogP contribution < -0.4 is 0 Å². The number of amides is 2. The monoisotopic (exact) mass is 345 g/mol. The molecule has 1 aliphatic carbocycles. The molecule has 0 aliphatic heterocycles. The highest BCUT2D eigenvalue weighted by Gasteiger charge is 2.33. The molecule has 25 heavy (non-hydrogen) atoms. The molecule has 5 nitrogen and oxygen atoms in total. The van der Waals surface area contributed by atoms with Gasteiger partial charge in [-0.2, -0.15) is 0 Å². The molecule has 2 amide bonds. The van der Waals surface area contributed by atoms with Crippen molar-refractivity contribution in [3.63, 3.8) is 0 Å². The summed E-state index contributed by atoms with van der Waals surface area (Å²) in [4.78, 5) is 28.9. The van der Waals surface area contributed by atoms with E-state index in [4.69, 9.17) is 0 Å². The van der Waals surface area contributed by atoms with E-state index in [9.17, 15) is 9.59 Å². The standard InChI is InChI=1S/C20H31N3O2/c1-4-6-7-10-19(24)22(13-5-2)16-20(25)23(17-11-12-17)15-18-9-8-14-21(18)3/h5,8-9,14,17H,2,4,6-7,10-13,15-16H2,1,3H3. The van der Waals surface area contributed by atoms with Crippen LogP contribution in [0.2, 0.25) is 0 Å². The van der Waals surface area contributed by atoms with Crippen molar-refractivity contribution in [1.29, 1.82) is 0 Å². The number of unbranched alkanes of at least 4 members (excludes halogenated alkanes) is 2. The Labute approximate surface area is 151 Å². The average molecular weight is 345 g/mol. The second-order valence-corrected chi connectivity index (χ2v) is 6.88. The predicted molar refractivity (Wildman–Crippen MR) is 99.9 cm³/mol. The van der Waals surface area contributed by atoms with E-state index in [0.717, 1.165) is 37.8 Å². The minimum absolute atomic E-state index is 0.0365. The van der Waals surface area contributed by atoms with Gasteiger partial charge in [0.05, 0.1) is 6.54 Å². The summed E-state index contributed by atoms with van der Waals surface area (Å²) in [6, 6.07) is 4.36. The Hall–Kier alpha value is -2.04. The molecule has 1 saturated carbocycles. The van der Waals surface area contributed by atoms with Gasteiger partial charge < -0.3 is 14.4 Å². The molecular weight excluding hydrogens is 314 g/mol. The van der Waals surface area contributed by atoms with Crippen LogP contribution in [0.25, 0.3) is 0 Å². The third-order valence-corrected chi connectivity index (χ3v) is 4.71. The number of aromatic nitrogens is 1. The molecule has 1 aromatic heterocycles. The largest absolute Gasteiger partial charge is 0.353 e. The van der Waals surface area contributed by atoms with Crippen LogP contribution in [0.15, 0.2) is 31.0 Å². The van der Waals surface area contributed by atoms with Gasteiger partial charge in [-0.1, -0.05) is 25.8 Å². The van der Waals surface area contributed by atoms with Crippen molar-refractivity contribution < 1.29 is 9.59 Å². The minimum atomic E-state index is 0.0365. The maximum absolute atomic E-state index is 12.9.